The van der Waals surface area contributed by atoms with Gasteiger partial charge in [-0.1, -0.05) is 46.5 Å². The topological polar surface area (TPSA) is 65.8 Å². The summed E-state index contributed by atoms with van der Waals surface area (Å²) in [5, 5.41) is 15.0. The van der Waals surface area contributed by atoms with Crippen LogP contribution in [-0.2, 0) is 10.2 Å². The molecule has 0 atom stereocenters. The Kier molecular flexibility index (Phi) is 4.67. The van der Waals surface area contributed by atoms with Gasteiger partial charge in [-0.15, -0.1) is 11.3 Å². The maximum Gasteiger partial charge on any atom is 0.246 e. The van der Waals surface area contributed by atoms with Crippen LogP contribution in [0, 0.1) is 16.7 Å². The van der Waals surface area contributed by atoms with E-state index in [9.17, 15) is 10.1 Å². The molecule has 0 unspecified atom stereocenters. The molecule has 1 saturated carbocycles. The maximum atomic E-state index is 12.6. The highest BCUT2D eigenvalue weighted by Crippen LogP contribution is 2.36. The number of carbonyl (C=O) groups is 1. The summed E-state index contributed by atoms with van der Waals surface area (Å²) in [7, 11) is 0. The number of hydrogen-bond donors (Lipinski definition) is 1. The Morgan fingerprint density at radius 1 is 1.33 bits per heavy atom. The van der Waals surface area contributed by atoms with E-state index in [1.807, 2.05) is 5.38 Å². The van der Waals surface area contributed by atoms with E-state index in [0.29, 0.717) is 18.0 Å². The lowest BCUT2D eigenvalue weighted by atomic mass is 9.81. The molecule has 1 aromatic heterocycles. The predicted octanol–water partition coefficient (Wildman–Crippen LogP) is 4.24. The number of hydrogen-bond acceptors (Lipinski definition) is 4. The van der Waals surface area contributed by atoms with Gasteiger partial charge in [-0.05, 0) is 12.8 Å². The normalized spacial score (nSPS) is 18.6. The fraction of sp³-hybridized carbons (Fsp3) is 0.688. The lowest BCUT2D eigenvalue weighted by Gasteiger charge is -2.22. The molecular weight excluding hydrogens is 282 g/mol. The Labute approximate surface area is 130 Å². The van der Waals surface area contributed by atoms with E-state index in [1.165, 1.54) is 11.3 Å². The molecule has 1 N–H and O–H groups in total. The van der Waals surface area contributed by atoms with E-state index in [4.69, 9.17) is 0 Å². The Morgan fingerprint density at radius 2 is 1.95 bits per heavy atom. The molecule has 1 heterocycles. The van der Waals surface area contributed by atoms with Crippen molar-refractivity contribution < 1.29 is 4.79 Å². The zero-order valence-corrected chi connectivity index (χ0v) is 13.8. The van der Waals surface area contributed by atoms with Gasteiger partial charge in [0.25, 0.3) is 0 Å². The van der Waals surface area contributed by atoms with Gasteiger partial charge in [-0.3, -0.25) is 4.79 Å². The van der Waals surface area contributed by atoms with Crippen LogP contribution < -0.4 is 5.32 Å². The standard InChI is InChI=1S/C16H23N3OS/c1-15(2,3)12-10-21-14(18-12)19-13(20)16(11-17)8-6-4-5-7-9-16/h10H,4-9H2,1-3H3,(H,18,19,20). The van der Waals surface area contributed by atoms with Gasteiger partial charge in [-0.25, -0.2) is 4.98 Å². The van der Waals surface area contributed by atoms with Gasteiger partial charge in [0.15, 0.2) is 5.13 Å². The van der Waals surface area contributed by atoms with Gasteiger partial charge in [-0.2, -0.15) is 5.26 Å². The average Bonchev–Trinajstić information content (AvgIpc) is 2.75. The van der Waals surface area contributed by atoms with Crippen LogP contribution in [-0.4, -0.2) is 10.9 Å². The summed E-state index contributed by atoms with van der Waals surface area (Å²) in [5.74, 6) is -0.179. The number of carbonyl (C=O) groups excluding carboxylic acids is 1. The van der Waals surface area contributed by atoms with Crippen molar-refractivity contribution in [3.63, 3.8) is 0 Å². The fourth-order valence-electron chi connectivity index (χ4n) is 2.61. The van der Waals surface area contributed by atoms with E-state index in [2.05, 4.69) is 37.1 Å². The van der Waals surface area contributed by atoms with E-state index in [1.54, 1.807) is 0 Å². The Morgan fingerprint density at radius 3 is 2.43 bits per heavy atom. The lowest BCUT2D eigenvalue weighted by molar-refractivity contribution is -0.123. The molecule has 0 spiro atoms. The molecule has 1 aromatic rings. The van der Waals surface area contributed by atoms with Crippen LogP contribution in [0.5, 0.6) is 0 Å². The zero-order valence-electron chi connectivity index (χ0n) is 13.0. The molecule has 0 bridgehead atoms. The molecule has 21 heavy (non-hydrogen) atoms. The molecule has 4 nitrogen and oxygen atoms in total. The lowest BCUT2D eigenvalue weighted by Crippen LogP contribution is -2.34. The molecule has 5 heteroatoms. The molecule has 1 aliphatic rings. The number of nitrogens with one attached hydrogen (secondary N) is 1. The van der Waals surface area contributed by atoms with Crippen molar-refractivity contribution in [2.75, 3.05) is 5.32 Å². The maximum absolute atomic E-state index is 12.6. The fourth-order valence-corrected chi connectivity index (χ4v) is 3.55. The monoisotopic (exact) mass is 305 g/mol. The summed E-state index contributed by atoms with van der Waals surface area (Å²) >= 11 is 1.43. The summed E-state index contributed by atoms with van der Waals surface area (Å²) in [6, 6.07) is 2.28. The van der Waals surface area contributed by atoms with Crippen LogP contribution >= 0.6 is 11.3 Å². The molecule has 0 aromatic carbocycles. The number of aromatic nitrogens is 1. The second-order valence-electron chi connectivity index (χ2n) is 6.85. The summed E-state index contributed by atoms with van der Waals surface area (Å²) < 4.78 is 0. The summed E-state index contributed by atoms with van der Waals surface area (Å²) in [6.07, 6.45) is 5.45. The van der Waals surface area contributed by atoms with Gasteiger partial charge in [0.2, 0.25) is 5.91 Å². The quantitative estimate of drug-likeness (QED) is 0.831. The van der Waals surface area contributed by atoms with Crippen molar-refractivity contribution in [2.24, 2.45) is 5.41 Å². The number of nitriles is 1. The van der Waals surface area contributed by atoms with Gasteiger partial charge in [0.05, 0.1) is 11.8 Å². The Balaban J connectivity index is 2.13. The molecule has 1 fully saturated rings. The van der Waals surface area contributed by atoms with Crippen LogP contribution in [0.15, 0.2) is 5.38 Å². The first kappa shape index (κ1) is 16.0. The highest BCUT2D eigenvalue weighted by Gasteiger charge is 2.39. The molecule has 2 rings (SSSR count). The highest BCUT2D eigenvalue weighted by atomic mass is 32.1. The van der Waals surface area contributed by atoms with E-state index in [0.717, 1.165) is 31.4 Å². The van der Waals surface area contributed by atoms with E-state index < -0.39 is 5.41 Å². The van der Waals surface area contributed by atoms with Gasteiger partial charge in [0.1, 0.15) is 5.41 Å². The van der Waals surface area contributed by atoms with Gasteiger partial charge >= 0.3 is 0 Å². The Bertz CT molecular complexity index is 543. The molecular formula is C16H23N3OS. The minimum absolute atomic E-state index is 0.0330. The third-order valence-electron chi connectivity index (χ3n) is 4.10. The van der Waals surface area contributed by atoms with Crippen molar-refractivity contribution in [1.82, 2.24) is 4.98 Å². The van der Waals surface area contributed by atoms with Crippen molar-refractivity contribution >= 4 is 22.4 Å². The Hall–Kier alpha value is -1.41. The van der Waals surface area contributed by atoms with Crippen molar-refractivity contribution in [3.8, 4) is 6.07 Å². The SMILES string of the molecule is CC(C)(C)c1csc(NC(=O)C2(C#N)CCCCCC2)n1. The second kappa shape index (κ2) is 6.15. The van der Waals surface area contributed by atoms with Crippen molar-refractivity contribution in [3.05, 3.63) is 11.1 Å². The highest BCUT2D eigenvalue weighted by molar-refractivity contribution is 7.14. The summed E-state index contributed by atoms with van der Waals surface area (Å²) in [5.41, 5.74) is 0.0633. The third kappa shape index (κ3) is 3.62. The minimum atomic E-state index is -0.871. The van der Waals surface area contributed by atoms with E-state index in [-0.39, 0.29) is 11.3 Å². The van der Waals surface area contributed by atoms with Crippen molar-refractivity contribution in [1.29, 1.82) is 5.26 Å². The number of anilines is 1. The molecule has 1 amide bonds. The predicted molar refractivity (Wildman–Crippen MR) is 85.2 cm³/mol. The molecule has 114 valence electrons. The molecule has 0 aliphatic heterocycles. The first-order chi connectivity index (χ1) is 9.87. The number of amides is 1. The van der Waals surface area contributed by atoms with Gasteiger partial charge in [0, 0.05) is 10.8 Å². The van der Waals surface area contributed by atoms with Crippen LogP contribution in [0.25, 0.3) is 0 Å². The second-order valence-corrected chi connectivity index (χ2v) is 7.71. The third-order valence-corrected chi connectivity index (χ3v) is 4.86. The first-order valence-corrected chi connectivity index (χ1v) is 8.44. The minimum Gasteiger partial charge on any atom is -0.301 e. The van der Waals surface area contributed by atoms with Crippen LogP contribution in [0.3, 0.4) is 0 Å². The first-order valence-electron chi connectivity index (χ1n) is 7.56. The largest absolute Gasteiger partial charge is 0.301 e. The van der Waals surface area contributed by atoms with Crippen LogP contribution in [0.4, 0.5) is 5.13 Å². The van der Waals surface area contributed by atoms with Crippen LogP contribution in [0.2, 0.25) is 0 Å². The summed E-state index contributed by atoms with van der Waals surface area (Å²) in [6.45, 7) is 6.28. The smallest absolute Gasteiger partial charge is 0.246 e. The summed E-state index contributed by atoms with van der Waals surface area (Å²) in [4.78, 5) is 17.0. The number of rotatable bonds is 2. The van der Waals surface area contributed by atoms with Crippen LogP contribution in [0.1, 0.15) is 65.0 Å². The molecule has 0 saturated heterocycles. The van der Waals surface area contributed by atoms with E-state index >= 15 is 0 Å². The molecule has 0 radical (unpaired) electrons. The number of nitrogens with zero attached hydrogens (tertiary/aromatic N) is 2. The zero-order chi connectivity index (χ0) is 15.5. The van der Waals surface area contributed by atoms with Crippen molar-refractivity contribution in [2.45, 2.75) is 64.7 Å². The van der Waals surface area contributed by atoms with Gasteiger partial charge < -0.3 is 5.32 Å². The number of thiazole rings is 1. The molecule has 1 aliphatic carbocycles. The average molecular weight is 305 g/mol.